The second kappa shape index (κ2) is 7.49. The van der Waals surface area contributed by atoms with Crippen LogP contribution in [0, 0.1) is 6.92 Å². The van der Waals surface area contributed by atoms with Gasteiger partial charge in [0.1, 0.15) is 0 Å². The number of carboxylic acid groups (broad SMARTS) is 1. The highest BCUT2D eigenvalue weighted by molar-refractivity contribution is 5.87. The first kappa shape index (κ1) is 18.0. The molecule has 1 atom stereocenters. The molecule has 1 unspecified atom stereocenters. The second-order valence-corrected chi connectivity index (χ2v) is 5.61. The van der Waals surface area contributed by atoms with E-state index in [2.05, 4.69) is 5.32 Å². The van der Waals surface area contributed by atoms with Gasteiger partial charge in [-0.2, -0.15) is 13.2 Å². The fourth-order valence-corrected chi connectivity index (χ4v) is 2.51. The van der Waals surface area contributed by atoms with E-state index in [0.29, 0.717) is 5.56 Å². The van der Waals surface area contributed by atoms with Crippen LogP contribution >= 0.6 is 0 Å². The van der Waals surface area contributed by atoms with Gasteiger partial charge in [0, 0.05) is 12.6 Å². The third-order valence-corrected chi connectivity index (χ3v) is 3.75. The van der Waals surface area contributed by atoms with E-state index in [4.69, 9.17) is 5.11 Å². The number of alkyl halides is 3. The maximum atomic E-state index is 12.9. The molecule has 0 amide bonds. The minimum absolute atomic E-state index is 0.143. The summed E-state index contributed by atoms with van der Waals surface area (Å²) in [5.41, 5.74) is 2.27. The number of hydrogen-bond acceptors (Lipinski definition) is 2. The lowest BCUT2D eigenvalue weighted by Crippen LogP contribution is -2.27. The first-order chi connectivity index (χ1) is 11.3. The lowest BCUT2D eigenvalue weighted by Gasteiger charge is -2.22. The third kappa shape index (κ3) is 5.09. The number of hydrogen-bond donors (Lipinski definition) is 2. The minimum Gasteiger partial charge on any atom is -0.478 e. The molecule has 0 aromatic heterocycles. The Morgan fingerprint density at radius 2 is 1.75 bits per heavy atom. The zero-order valence-corrected chi connectivity index (χ0v) is 13.1. The van der Waals surface area contributed by atoms with Gasteiger partial charge in [-0.3, -0.25) is 0 Å². The molecule has 6 heteroatoms. The number of aryl methyl sites for hydroxylation is 1. The first-order valence-corrected chi connectivity index (χ1v) is 7.44. The van der Waals surface area contributed by atoms with Gasteiger partial charge >= 0.3 is 12.1 Å². The molecule has 24 heavy (non-hydrogen) atoms. The van der Waals surface area contributed by atoms with Crippen molar-refractivity contribution in [2.45, 2.75) is 32.1 Å². The van der Waals surface area contributed by atoms with Crippen LogP contribution in [0.4, 0.5) is 13.2 Å². The molecule has 128 valence electrons. The summed E-state index contributed by atoms with van der Waals surface area (Å²) in [4.78, 5) is 10.8. The van der Waals surface area contributed by atoms with E-state index in [1.165, 1.54) is 12.1 Å². The van der Waals surface area contributed by atoms with E-state index < -0.39 is 24.6 Å². The topological polar surface area (TPSA) is 49.3 Å². The van der Waals surface area contributed by atoms with Crippen LogP contribution in [0.2, 0.25) is 0 Å². The summed E-state index contributed by atoms with van der Waals surface area (Å²) >= 11 is 0. The van der Waals surface area contributed by atoms with Crippen molar-refractivity contribution in [1.29, 1.82) is 0 Å². The number of rotatable bonds is 6. The Balaban J connectivity index is 2.14. The molecule has 0 spiro atoms. The Hall–Kier alpha value is -2.34. The smallest absolute Gasteiger partial charge is 0.390 e. The standard InChI is InChI=1S/C18H18F3NO2/c1-12-4-2-3-5-15(12)16(10-18(19,20)21)22-11-13-6-8-14(9-7-13)17(23)24/h2-9,16,22H,10-11H2,1H3,(H,23,24). The van der Waals surface area contributed by atoms with Gasteiger partial charge in [-0.15, -0.1) is 0 Å². The van der Waals surface area contributed by atoms with Gasteiger partial charge < -0.3 is 10.4 Å². The van der Waals surface area contributed by atoms with Crippen LogP contribution in [0.1, 0.15) is 39.5 Å². The molecule has 2 aromatic carbocycles. The monoisotopic (exact) mass is 337 g/mol. The van der Waals surface area contributed by atoms with E-state index in [1.54, 1.807) is 43.3 Å². The zero-order valence-electron chi connectivity index (χ0n) is 13.1. The molecule has 0 saturated carbocycles. The van der Waals surface area contributed by atoms with Gasteiger partial charge in [0.2, 0.25) is 0 Å². The Morgan fingerprint density at radius 3 is 2.29 bits per heavy atom. The average molecular weight is 337 g/mol. The molecular formula is C18H18F3NO2. The van der Waals surface area contributed by atoms with E-state index in [9.17, 15) is 18.0 Å². The largest absolute Gasteiger partial charge is 0.478 e. The molecule has 0 radical (unpaired) electrons. The molecule has 2 rings (SSSR count). The fourth-order valence-electron chi connectivity index (χ4n) is 2.51. The number of nitrogens with one attached hydrogen (secondary N) is 1. The van der Waals surface area contributed by atoms with Crippen molar-refractivity contribution in [3.05, 3.63) is 70.8 Å². The summed E-state index contributed by atoms with van der Waals surface area (Å²) in [7, 11) is 0. The number of carbonyl (C=O) groups is 1. The van der Waals surface area contributed by atoms with Crippen LogP contribution in [-0.4, -0.2) is 17.3 Å². The molecule has 0 aliphatic rings. The Bertz CT molecular complexity index is 696. The van der Waals surface area contributed by atoms with Crippen molar-refractivity contribution in [2.24, 2.45) is 0 Å². The molecule has 3 nitrogen and oxygen atoms in total. The number of halogens is 3. The van der Waals surface area contributed by atoms with E-state index in [0.717, 1.165) is 11.1 Å². The van der Waals surface area contributed by atoms with Crippen molar-refractivity contribution >= 4 is 5.97 Å². The number of aromatic carboxylic acids is 1. The lowest BCUT2D eigenvalue weighted by atomic mass is 9.98. The van der Waals surface area contributed by atoms with Crippen LogP contribution in [0.3, 0.4) is 0 Å². The molecule has 2 N–H and O–H groups in total. The van der Waals surface area contributed by atoms with E-state index in [-0.39, 0.29) is 12.1 Å². The summed E-state index contributed by atoms with van der Waals surface area (Å²) in [6.45, 7) is 2.00. The van der Waals surface area contributed by atoms with Gasteiger partial charge in [-0.05, 0) is 35.7 Å². The van der Waals surface area contributed by atoms with Crippen LogP contribution in [0.5, 0.6) is 0 Å². The molecule has 0 bridgehead atoms. The normalized spacial score (nSPS) is 12.8. The van der Waals surface area contributed by atoms with Crippen LogP contribution < -0.4 is 5.32 Å². The van der Waals surface area contributed by atoms with Crippen LogP contribution in [0.15, 0.2) is 48.5 Å². The third-order valence-electron chi connectivity index (χ3n) is 3.75. The highest BCUT2D eigenvalue weighted by atomic mass is 19.4. The second-order valence-electron chi connectivity index (χ2n) is 5.61. The van der Waals surface area contributed by atoms with E-state index in [1.807, 2.05) is 0 Å². The Labute approximate surface area is 138 Å². The molecule has 0 heterocycles. The Morgan fingerprint density at radius 1 is 1.12 bits per heavy atom. The van der Waals surface area contributed by atoms with Gasteiger partial charge in [-0.1, -0.05) is 36.4 Å². The summed E-state index contributed by atoms with van der Waals surface area (Å²) in [6, 6.07) is 12.2. The summed E-state index contributed by atoms with van der Waals surface area (Å²) in [6.07, 6.45) is -5.25. The molecule has 0 aliphatic carbocycles. The summed E-state index contributed by atoms with van der Waals surface area (Å²) in [5, 5.41) is 11.8. The fraction of sp³-hybridized carbons (Fsp3) is 0.278. The zero-order chi connectivity index (χ0) is 17.7. The highest BCUT2D eigenvalue weighted by Crippen LogP contribution is 2.31. The van der Waals surface area contributed by atoms with Crippen molar-refractivity contribution in [3.63, 3.8) is 0 Å². The maximum absolute atomic E-state index is 12.9. The molecule has 0 aliphatic heterocycles. The lowest BCUT2D eigenvalue weighted by molar-refractivity contribution is -0.140. The minimum atomic E-state index is -4.28. The van der Waals surface area contributed by atoms with Crippen molar-refractivity contribution in [2.75, 3.05) is 0 Å². The van der Waals surface area contributed by atoms with Crippen molar-refractivity contribution in [3.8, 4) is 0 Å². The SMILES string of the molecule is Cc1ccccc1C(CC(F)(F)F)NCc1ccc(C(=O)O)cc1. The quantitative estimate of drug-likeness (QED) is 0.817. The molecule has 0 fully saturated rings. The summed E-state index contributed by atoms with van der Waals surface area (Å²) < 4.78 is 38.7. The van der Waals surface area contributed by atoms with Crippen molar-refractivity contribution < 1.29 is 23.1 Å². The van der Waals surface area contributed by atoms with Gasteiger partial charge in [0.25, 0.3) is 0 Å². The van der Waals surface area contributed by atoms with E-state index >= 15 is 0 Å². The Kier molecular flexibility index (Phi) is 5.62. The maximum Gasteiger partial charge on any atom is 0.390 e. The summed E-state index contributed by atoms with van der Waals surface area (Å²) in [5.74, 6) is -1.04. The number of benzene rings is 2. The molecular weight excluding hydrogens is 319 g/mol. The molecule has 0 saturated heterocycles. The van der Waals surface area contributed by atoms with Gasteiger partial charge in [0.05, 0.1) is 12.0 Å². The van der Waals surface area contributed by atoms with Gasteiger partial charge in [0.15, 0.2) is 0 Å². The predicted octanol–water partition coefficient (Wildman–Crippen LogP) is 4.48. The number of carboxylic acids is 1. The predicted molar refractivity (Wildman–Crippen MR) is 84.8 cm³/mol. The highest BCUT2D eigenvalue weighted by Gasteiger charge is 2.32. The van der Waals surface area contributed by atoms with Crippen LogP contribution in [-0.2, 0) is 6.54 Å². The van der Waals surface area contributed by atoms with Crippen molar-refractivity contribution in [1.82, 2.24) is 5.32 Å². The van der Waals surface area contributed by atoms with Crippen LogP contribution in [0.25, 0.3) is 0 Å². The van der Waals surface area contributed by atoms with Gasteiger partial charge in [-0.25, -0.2) is 4.79 Å². The average Bonchev–Trinajstić information content (AvgIpc) is 2.51. The first-order valence-electron chi connectivity index (χ1n) is 7.44. The molecule has 2 aromatic rings.